The van der Waals surface area contributed by atoms with Gasteiger partial charge in [0.05, 0.1) is 22.5 Å². The Morgan fingerprint density at radius 3 is 2.88 bits per heavy atom. The van der Waals surface area contributed by atoms with E-state index in [1.165, 1.54) is 22.1 Å². The molecule has 0 spiro atoms. The number of benzene rings is 3. The Morgan fingerprint density at radius 2 is 2.00 bits per heavy atom. The number of anilines is 1. The minimum absolute atomic E-state index is 0.0127. The maximum atomic E-state index is 12.8. The number of hydrogen-bond acceptors (Lipinski definition) is 5. The fourth-order valence-corrected chi connectivity index (χ4v) is 5.70. The van der Waals surface area contributed by atoms with Gasteiger partial charge in [-0.1, -0.05) is 53.8 Å². The van der Waals surface area contributed by atoms with Crippen LogP contribution in [0.15, 0.2) is 60.7 Å². The summed E-state index contributed by atoms with van der Waals surface area (Å²) in [5.74, 6) is 1.46. The van der Waals surface area contributed by atoms with Crippen molar-refractivity contribution in [2.45, 2.75) is 26.2 Å². The van der Waals surface area contributed by atoms with Gasteiger partial charge in [0.1, 0.15) is 11.6 Å². The molecule has 0 radical (unpaired) electrons. The predicted molar refractivity (Wildman–Crippen MR) is 132 cm³/mol. The summed E-state index contributed by atoms with van der Waals surface area (Å²) in [5.41, 5.74) is 3.99. The van der Waals surface area contributed by atoms with Gasteiger partial charge in [0, 0.05) is 17.9 Å². The average molecular weight is 455 g/mol. The molecule has 0 fully saturated rings. The first-order valence-corrected chi connectivity index (χ1v) is 11.8. The highest BCUT2D eigenvalue weighted by atomic mass is 32.1. The molecule has 7 heteroatoms. The van der Waals surface area contributed by atoms with E-state index in [-0.39, 0.29) is 11.8 Å². The second kappa shape index (κ2) is 7.71. The summed E-state index contributed by atoms with van der Waals surface area (Å²) in [6, 6.07) is 20.5. The molecule has 1 aliphatic heterocycles. The third-order valence-electron chi connectivity index (χ3n) is 6.14. The number of nitrogens with one attached hydrogen (secondary N) is 1. The van der Waals surface area contributed by atoms with Gasteiger partial charge < -0.3 is 10.1 Å². The van der Waals surface area contributed by atoms with E-state index in [9.17, 15) is 4.79 Å². The molecule has 6 nitrogen and oxygen atoms in total. The summed E-state index contributed by atoms with van der Waals surface area (Å²) in [5, 5.41) is 11.0. The van der Waals surface area contributed by atoms with Crippen LogP contribution >= 0.6 is 11.3 Å². The molecule has 5 aromatic rings. The second-order valence-corrected chi connectivity index (χ2v) is 9.20. The fraction of sp³-hybridized carbons (Fsp3) is 0.192. The SMILES string of the molecule is CCOc1ccc2nc(-n3nc(C)c4c3NC(=O)C[C@@H]4c3cccc4ccccc34)sc2c1. The van der Waals surface area contributed by atoms with Gasteiger partial charge in [-0.15, -0.1) is 0 Å². The van der Waals surface area contributed by atoms with Gasteiger partial charge >= 0.3 is 0 Å². The van der Waals surface area contributed by atoms with E-state index < -0.39 is 0 Å². The highest BCUT2D eigenvalue weighted by Gasteiger charge is 2.34. The lowest BCUT2D eigenvalue weighted by atomic mass is 9.83. The molecular formula is C26H22N4O2S. The van der Waals surface area contributed by atoms with Crippen LogP contribution < -0.4 is 10.1 Å². The summed E-state index contributed by atoms with van der Waals surface area (Å²) in [4.78, 5) is 17.6. The van der Waals surface area contributed by atoms with E-state index in [2.05, 4.69) is 35.6 Å². The molecule has 1 atom stereocenters. The number of carbonyl (C=O) groups is 1. The van der Waals surface area contributed by atoms with Gasteiger partial charge in [-0.05, 0) is 48.4 Å². The number of fused-ring (bicyclic) bond motifs is 3. The molecule has 3 heterocycles. The Balaban J connectivity index is 1.50. The van der Waals surface area contributed by atoms with Crippen molar-refractivity contribution in [2.24, 2.45) is 0 Å². The molecular weight excluding hydrogens is 432 g/mol. The molecule has 0 bridgehead atoms. The molecule has 164 valence electrons. The number of aromatic nitrogens is 3. The third-order valence-corrected chi connectivity index (χ3v) is 7.14. The number of aryl methyl sites for hydroxylation is 1. The fourth-order valence-electron chi connectivity index (χ4n) is 4.75. The van der Waals surface area contributed by atoms with Crippen LogP contribution in [-0.4, -0.2) is 27.3 Å². The van der Waals surface area contributed by atoms with E-state index in [0.717, 1.165) is 37.9 Å². The zero-order chi connectivity index (χ0) is 22.5. The van der Waals surface area contributed by atoms with E-state index in [1.54, 1.807) is 4.68 Å². The van der Waals surface area contributed by atoms with Crippen LogP contribution in [0.5, 0.6) is 5.75 Å². The van der Waals surface area contributed by atoms with E-state index in [0.29, 0.717) is 18.8 Å². The first kappa shape index (κ1) is 19.9. The largest absolute Gasteiger partial charge is 0.494 e. The summed E-state index contributed by atoms with van der Waals surface area (Å²) in [7, 11) is 0. The van der Waals surface area contributed by atoms with Crippen molar-refractivity contribution in [1.82, 2.24) is 14.8 Å². The summed E-state index contributed by atoms with van der Waals surface area (Å²) < 4.78 is 8.44. The zero-order valence-corrected chi connectivity index (χ0v) is 19.1. The molecule has 6 rings (SSSR count). The van der Waals surface area contributed by atoms with Crippen LogP contribution in [0.2, 0.25) is 0 Å². The molecule has 0 saturated carbocycles. The van der Waals surface area contributed by atoms with E-state index >= 15 is 0 Å². The number of nitrogens with zero attached hydrogens (tertiary/aromatic N) is 3. The summed E-state index contributed by atoms with van der Waals surface area (Å²) >= 11 is 1.54. The topological polar surface area (TPSA) is 69.0 Å². The van der Waals surface area contributed by atoms with Crippen molar-refractivity contribution in [2.75, 3.05) is 11.9 Å². The van der Waals surface area contributed by atoms with Crippen molar-refractivity contribution in [1.29, 1.82) is 0 Å². The van der Waals surface area contributed by atoms with Gasteiger partial charge in [0.15, 0.2) is 0 Å². The highest BCUT2D eigenvalue weighted by molar-refractivity contribution is 7.20. The summed E-state index contributed by atoms with van der Waals surface area (Å²) in [6.45, 7) is 4.59. The lowest BCUT2D eigenvalue weighted by Gasteiger charge is -2.25. The highest BCUT2D eigenvalue weighted by Crippen LogP contribution is 2.43. The molecule has 1 N–H and O–H groups in total. The minimum atomic E-state index is -0.0625. The van der Waals surface area contributed by atoms with Crippen molar-refractivity contribution < 1.29 is 9.53 Å². The van der Waals surface area contributed by atoms with Crippen LogP contribution in [0.4, 0.5) is 5.82 Å². The molecule has 0 unspecified atom stereocenters. The minimum Gasteiger partial charge on any atom is -0.494 e. The van der Waals surface area contributed by atoms with Gasteiger partial charge in [0.25, 0.3) is 0 Å². The number of rotatable bonds is 4. The monoisotopic (exact) mass is 454 g/mol. The molecule has 33 heavy (non-hydrogen) atoms. The van der Waals surface area contributed by atoms with Crippen molar-refractivity contribution in [3.63, 3.8) is 0 Å². The van der Waals surface area contributed by atoms with Gasteiger partial charge in [-0.25, -0.2) is 4.98 Å². The van der Waals surface area contributed by atoms with E-state index in [4.69, 9.17) is 14.8 Å². The Hall–Kier alpha value is -3.71. The van der Waals surface area contributed by atoms with Crippen LogP contribution in [0.25, 0.3) is 26.1 Å². The Bertz CT molecular complexity index is 1530. The number of thiazole rings is 1. The maximum absolute atomic E-state index is 12.8. The van der Waals surface area contributed by atoms with Gasteiger partial charge in [-0.2, -0.15) is 9.78 Å². The lowest BCUT2D eigenvalue weighted by Crippen LogP contribution is -2.25. The zero-order valence-electron chi connectivity index (χ0n) is 18.3. The summed E-state index contributed by atoms with van der Waals surface area (Å²) in [6.07, 6.45) is 0.394. The molecule has 1 aliphatic rings. The van der Waals surface area contributed by atoms with Crippen LogP contribution in [0.3, 0.4) is 0 Å². The molecule has 3 aromatic carbocycles. The quantitative estimate of drug-likeness (QED) is 0.372. The molecule has 0 aliphatic carbocycles. The Morgan fingerprint density at radius 1 is 1.15 bits per heavy atom. The number of amides is 1. The van der Waals surface area contributed by atoms with Crippen molar-refractivity contribution in [3.05, 3.63) is 77.5 Å². The number of ether oxygens (including phenoxy) is 1. The average Bonchev–Trinajstić information content (AvgIpc) is 3.39. The first-order chi connectivity index (χ1) is 16.1. The number of carbonyl (C=O) groups excluding carboxylic acids is 1. The smallest absolute Gasteiger partial charge is 0.226 e. The standard InChI is InChI=1S/C26H22N4O2S/c1-3-32-17-11-12-21-22(13-17)33-26(27-21)30-25-24(15(2)29-30)20(14-23(31)28-25)19-10-6-8-16-7-4-5-9-18(16)19/h4-13,20H,3,14H2,1-2H3,(H,28,31)/t20-/m1/s1. The lowest BCUT2D eigenvalue weighted by molar-refractivity contribution is -0.116. The third kappa shape index (κ3) is 3.27. The predicted octanol–water partition coefficient (Wildman–Crippen LogP) is 5.82. The van der Waals surface area contributed by atoms with Gasteiger partial charge in [-0.3, -0.25) is 4.79 Å². The van der Waals surface area contributed by atoms with Crippen LogP contribution in [0.1, 0.15) is 36.1 Å². The maximum Gasteiger partial charge on any atom is 0.226 e. The number of hydrogen-bond donors (Lipinski definition) is 1. The van der Waals surface area contributed by atoms with E-state index in [1.807, 2.05) is 44.2 Å². The Kier molecular flexibility index (Phi) is 4.66. The molecule has 2 aromatic heterocycles. The molecule has 0 saturated heterocycles. The normalized spacial score (nSPS) is 15.6. The van der Waals surface area contributed by atoms with Gasteiger partial charge in [0.2, 0.25) is 11.0 Å². The second-order valence-electron chi connectivity index (χ2n) is 8.19. The Labute approximate surface area is 194 Å². The van der Waals surface area contributed by atoms with Crippen molar-refractivity contribution >= 4 is 44.1 Å². The van der Waals surface area contributed by atoms with Crippen LogP contribution in [0, 0.1) is 6.92 Å². The first-order valence-electron chi connectivity index (χ1n) is 11.0. The molecule has 1 amide bonds. The van der Waals surface area contributed by atoms with Crippen molar-refractivity contribution in [3.8, 4) is 10.9 Å². The van der Waals surface area contributed by atoms with Crippen LogP contribution in [-0.2, 0) is 4.79 Å².